The fourth-order valence-electron chi connectivity index (χ4n) is 2.94. The van der Waals surface area contributed by atoms with E-state index in [2.05, 4.69) is 12.2 Å². The van der Waals surface area contributed by atoms with Crippen molar-refractivity contribution in [3.63, 3.8) is 0 Å². The van der Waals surface area contributed by atoms with Crippen molar-refractivity contribution in [2.24, 2.45) is 0 Å². The number of hydrogen-bond acceptors (Lipinski definition) is 5. The highest BCUT2D eigenvalue weighted by molar-refractivity contribution is 6.02. The SMILES string of the molecule is CCCCCCOC(=O)c1ccc(NC(=O)/C=C/c2ccc(OCCC)c(OC)c2)cc1. The van der Waals surface area contributed by atoms with Crippen LogP contribution in [0.15, 0.2) is 48.5 Å². The Morgan fingerprint density at radius 1 is 0.906 bits per heavy atom. The van der Waals surface area contributed by atoms with Crippen LogP contribution in [0, 0.1) is 0 Å². The number of rotatable bonds is 13. The van der Waals surface area contributed by atoms with E-state index in [1.165, 1.54) is 6.08 Å². The van der Waals surface area contributed by atoms with E-state index in [0.29, 0.717) is 36.0 Å². The molecule has 0 saturated carbocycles. The summed E-state index contributed by atoms with van der Waals surface area (Å²) < 4.78 is 16.3. The summed E-state index contributed by atoms with van der Waals surface area (Å²) in [5, 5.41) is 2.78. The molecule has 0 fully saturated rings. The number of esters is 1. The van der Waals surface area contributed by atoms with Gasteiger partial charge >= 0.3 is 5.97 Å². The molecule has 0 atom stereocenters. The van der Waals surface area contributed by atoms with E-state index in [4.69, 9.17) is 14.2 Å². The Morgan fingerprint density at radius 2 is 1.69 bits per heavy atom. The molecular weight excluding hydrogens is 406 g/mol. The molecule has 2 aromatic rings. The molecule has 2 rings (SSSR count). The van der Waals surface area contributed by atoms with Gasteiger partial charge in [-0.1, -0.05) is 39.2 Å². The summed E-state index contributed by atoms with van der Waals surface area (Å²) in [6.45, 7) is 5.22. The van der Waals surface area contributed by atoms with E-state index in [-0.39, 0.29) is 11.9 Å². The van der Waals surface area contributed by atoms with E-state index >= 15 is 0 Å². The van der Waals surface area contributed by atoms with Gasteiger partial charge in [-0.25, -0.2) is 4.79 Å². The first-order valence-corrected chi connectivity index (χ1v) is 11.1. The molecule has 0 aliphatic rings. The fourth-order valence-corrected chi connectivity index (χ4v) is 2.94. The first-order valence-electron chi connectivity index (χ1n) is 11.1. The molecule has 0 unspecified atom stereocenters. The van der Waals surface area contributed by atoms with Gasteiger partial charge in [0.15, 0.2) is 11.5 Å². The minimum Gasteiger partial charge on any atom is -0.493 e. The molecule has 0 radical (unpaired) electrons. The third kappa shape index (κ3) is 8.46. The van der Waals surface area contributed by atoms with Gasteiger partial charge in [0.25, 0.3) is 0 Å². The van der Waals surface area contributed by atoms with Gasteiger partial charge in [-0.15, -0.1) is 0 Å². The Morgan fingerprint density at radius 3 is 2.38 bits per heavy atom. The van der Waals surface area contributed by atoms with Crippen LogP contribution in [0.5, 0.6) is 11.5 Å². The molecule has 172 valence electrons. The largest absolute Gasteiger partial charge is 0.493 e. The van der Waals surface area contributed by atoms with Crippen molar-refractivity contribution in [1.82, 2.24) is 0 Å². The third-order valence-electron chi connectivity index (χ3n) is 4.70. The van der Waals surface area contributed by atoms with Gasteiger partial charge in [0.2, 0.25) is 5.91 Å². The average molecular weight is 440 g/mol. The van der Waals surface area contributed by atoms with Crippen molar-refractivity contribution < 1.29 is 23.8 Å². The van der Waals surface area contributed by atoms with Crippen LogP contribution in [0.25, 0.3) is 6.08 Å². The van der Waals surface area contributed by atoms with Gasteiger partial charge in [-0.05, 0) is 60.9 Å². The van der Waals surface area contributed by atoms with Crippen LogP contribution in [0.1, 0.15) is 61.9 Å². The molecule has 2 aromatic carbocycles. The standard InChI is InChI=1S/C26H33NO5/c1-4-6-7-8-18-32-26(29)21-11-13-22(14-12-21)27-25(28)16-10-20-9-15-23(31-17-5-2)24(19-20)30-3/h9-16,19H,4-8,17-18H2,1-3H3,(H,27,28)/b16-10+. The van der Waals surface area contributed by atoms with Crippen LogP contribution in [-0.4, -0.2) is 32.2 Å². The number of unbranched alkanes of at least 4 members (excludes halogenated alkanes) is 3. The normalized spacial score (nSPS) is 10.7. The van der Waals surface area contributed by atoms with Crippen molar-refractivity contribution >= 4 is 23.6 Å². The van der Waals surface area contributed by atoms with Crippen LogP contribution >= 0.6 is 0 Å². The summed E-state index contributed by atoms with van der Waals surface area (Å²) in [7, 11) is 1.58. The molecule has 0 spiro atoms. The molecule has 0 saturated heterocycles. The van der Waals surface area contributed by atoms with Crippen molar-refractivity contribution in [2.45, 2.75) is 46.0 Å². The number of hydrogen-bond donors (Lipinski definition) is 1. The van der Waals surface area contributed by atoms with Gasteiger partial charge < -0.3 is 19.5 Å². The minimum atomic E-state index is -0.348. The second kappa shape index (κ2) is 13.9. The molecule has 32 heavy (non-hydrogen) atoms. The summed E-state index contributed by atoms with van der Waals surface area (Å²) in [4.78, 5) is 24.3. The van der Waals surface area contributed by atoms with Gasteiger partial charge in [-0.2, -0.15) is 0 Å². The zero-order valence-corrected chi connectivity index (χ0v) is 19.2. The Hall–Kier alpha value is -3.28. The lowest BCUT2D eigenvalue weighted by Crippen LogP contribution is -2.09. The molecule has 0 heterocycles. The molecule has 6 heteroatoms. The van der Waals surface area contributed by atoms with E-state index in [0.717, 1.165) is 37.7 Å². The van der Waals surface area contributed by atoms with Crippen LogP contribution in [0.2, 0.25) is 0 Å². The monoisotopic (exact) mass is 439 g/mol. The van der Waals surface area contributed by atoms with Gasteiger partial charge in [0, 0.05) is 11.8 Å². The molecule has 1 amide bonds. The maximum absolute atomic E-state index is 12.2. The highest BCUT2D eigenvalue weighted by Crippen LogP contribution is 2.28. The van der Waals surface area contributed by atoms with Crippen LogP contribution in [0.3, 0.4) is 0 Å². The summed E-state index contributed by atoms with van der Waals surface area (Å²) in [5.41, 5.74) is 1.88. The summed E-state index contributed by atoms with van der Waals surface area (Å²) in [5.74, 6) is 0.672. The quantitative estimate of drug-likeness (QED) is 0.240. The van der Waals surface area contributed by atoms with Gasteiger partial charge in [-0.3, -0.25) is 4.79 Å². The van der Waals surface area contributed by atoms with Crippen molar-refractivity contribution in [1.29, 1.82) is 0 Å². The topological polar surface area (TPSA) is 73.9 Å². The second-order valence-electron chi connectivity index (χ2n) is 7.36. The lowest BCUT2D eigenvalue weighted by atomic mass is 10.2. The molecule has 1 N–H and O–H groups in total. The summed E-state index contributed by atoms with van der Waals surface area (Å²) >= 11 is 0. The Bertz CT molecular complexity index is 890. The lowest BCUT2D eigenvalue weighted by Gasteiger charge is -2.10. The summed E-state index contributed by atoms with van der Waals surface area (Å²) in [6, 6.07) is 12.2. The Balaban J connectivity index is 1.87. The van der Waals surface area contributed by atoms with E-state index < -0.39 is 0 Å². The van der Waals surface area contributed by atoms with E-state index in [9.17, 15) is 9.59 Å². The molecule has 0 bridgehead atoms. The van der Waals surface area contributed by atoms with Gasteiger partial charge in [0.05, 0.1) is 25.9 Å². The highest BCUT2D eigenvalue weighted by Gasteiger charge is 2.08. The van der Waals surface area contributed by atoms with Crippen molar-refractivity contribution in [3.05, 3.63) is 59.7 Å². The number of amides is 1. The average Bonchev–Trinajstić information content (AvgIpc) is 2.81. The van der Waals surface area contributed by atoms with Crippen LogP contribution in [0.4, 0.5) is 5.69 Å². The first kappa shape index (κ1) is 25.0. The zero-order valence-electron chi connectivity index (χ0n) is 19.2. The molecular formula is C26H33NO5. The maximum atomic E-state index is 12.2. The summed E-state index contributed by atoms with van der Waals surface area (Å²) in [6.07, 6.45) is 8.28. The third-order valence-corrected chi connectivity index (χ3v) is 4.70. The predicted molar refractivity (Wildman–Crippen MR) is 127 cm³/mol. The smallest absolute Gasteiger partial charge is 0.338 e. The minimum absolute atomic E-state index is 0.276. The highest BCUT2D eigenvalue weighted by atomic mass is 16.5. The number of methoxy groups -OCH3 is 1. The molecule has 6 nitrogen and oxygen atoms in total. The number of anilines is 1. The van der Waals surface area contributed by atoms with Crippen molar-refractivity contribution in [3.8, 4) is 11.5 Å². The van der Waals surface area contributed by atoms with Crippen LogP contribution in [-0.2, 0) is 9.53 Å². The number of carbonyl (C=O) groups is 2. The lowest BCUT2D eigenvalue weighted by molar-refractivity contribution is -0.111. The molecule has 0 aliphatic heterocycles. The Kier molecular flexibility index (Phi) is 10.9. The second-order valence-corrected chi connectivity index (χ2v) is 7.36. The number of nitrogens with one attached hydrogen (secondary N) is 1. The van der Waals surface area contributed by atoms with Crippen molar-refractivity contribution in [2.75, 3.05) is 25.6 Å². The fraction of sp³-hybridized carbons (Fsp3) is 0.385. The number of ether oxygens (including phenoxy) is 3. The first-order chi connectivity index (χ1) is 15.6. The number of benzene rings is 2. The van der Waals surface area contributed by atoms with E-state index in [1.54, 1.807) is 37.5 Å². The zero-order chi connectivity index (χ0) is 23.2. The van der Waals surface area contributed by atoms with E-state index in [1.807, 2.05) is 25.1 Å². The van der Waals surface area contributed by atoms with Gasteiger partial charge in [0.1, 0.15) is 0 Å². The van der Waals surface area contributed by atoms with Crippen LogP contribution < -0.4 is 14.8 Å². The molecule has 0 aromatic heterocycles. The predicted octanol–water partition coefficient (Wildman–Crippen LogP) is 5.87. The maximum Gasteiger partial charge on any atom is 0.338 e. The Labute approximate surface area is 190 Å². The number of carbonyl (C=O) groups excluding carboxylic acids is 2. The molecule has 0 aliphatic carbocycles.